The number of hydrogen-bond donors (Lipinski definition) is 2. The van der Waals surface area contributed by atoms with E-state index in [2.05, 4.69) is 17.6 Å². The van der Waals surface area contributed by atoms with E-state index >= 15 is 0 Å². The van der Waals surface area contributed by atoms with Crippen molar-refractivity contribution >= 4 is 29.3 Å². The van der Waals surface area contributed by atoms with E-state index in [1.807, 2.05) is 34.9 Å². The Morgan fingerprint density at radius 2 is 2.08 bits per heavy atom. The molecule has 1 aromatic rings. The van der Waals surface area contributed by atoms with E-state index in [4.69, 9.17) is 0 Å². The molecule has 0 aromatic heterocycles. The molecule has 2 fully saturated rings. The first kappa shape index (κ1) is 17.3. The first-order valence-corrected chi connectivity index (χ1v) is 9.80. The molecule has 0 unspecified atom stereocenters. The number of thioether (sulfide) groups is 1. The molecule has 0 spiro atoms. The predicted molar refractivity (Wildman–Crippen MR) is 98.5 cm³/mol. The van der Waals surface area contributed by atoms with Crippen LogP contribution in [0.25, 0.3) is 0 Å². The Hall–Kier alpha value is -1.53. The van der Waals surface area contributed by atoms with E-state index in [1.54, 1.807) is 6.07 Å². The molecule has 2 amide bonds. The van der Waals surface area contributed by atoms with Gasteiger partial charge in [-0.3, -0.25) is 9.59 Å². The maximum Gasteiger partial charge on any atom is 0.253 e. The highest BCUT2D eigenvalue weighted by Gasteiger charge is 2.25. The first-order chi connectivity index (χ1) is 11.6. The van der Waals surface area contributed by atoms with Gasteiger partial charge < -0.3 is 15.5 Å². The Labute approximate surface area is 147 Å². The number of piperidine rings is 1. The molecule has 2 heterocycles. The maximum absolute atomic E-state index is 12.6. The van der Waals surface area contributed by atoms with Crippen LogP contribution in [0.4, 0.5) is 5.69 Å². The number of nitrogens with one attached hydrogen (secondary N) is 2. The molecule has 2 saturated heterocycles. The number of hydrogen-bond acceptors (Lipinski definition) is 4. The Kier molecular flexibility index (Phi) is 5.79. The largest absolute Gasteiger partial charge is 0.337 e. The molecule has 0 saturated carbocycles. The Morgan fingerprint density at radius 1 is 1.29 bits per heavy atom. The minimum Gasteiger partial charge on any atom is -0.337 e. The average Bonchev–Trinajstić information content (AvgIpc) is 2.62. The highest BCUT2D eigenvalue weighted by atomic mass is 32.2. The van der Waals surface area contributed by atoms with E-state index in [0.717, 1.165) is 44.0 Å². The third-order valence-corrected chi connectivity index (χ3v) is 5.61. The fraction of sp³-hybridized carbons (Fsp3) is 0.556. The van der Waals surface area contributed by atoms with Gasteiger partial charge in [-0.15, -0.1) is 0 Å². The van der Waals surface area contributed by atoms with Gasteiger partial charge in [-0.2, -0.15) is 11.8 Å². The van der Waals surface area contributed by atoms with Crippen molar-refractivity contribution in [1.82, 2.24) is 10.2 Å². The zero-order chi connectivity index (χ0) is 16.9. The van der Waals surface area contributed by atoms with Crippen molar-refractivity contribution in [2.75, 3.05) is 36.5 Å². The van der Waals surface area contributed by atoms with Crippen LogP contribution in [0.15, 0.2) is 24.3 Å². The summed E-state index contributed by atoms with van der Waals surface area (Å²) in [4.78, 5) is 26.9. The van der Waals surface area contributed by atoms with Crippen LogP contribution in [0.1, 0.15) is 30.1 Å². The molecule has 3 rings (SSSR count). The smallest absolute Gasteiger partial charge is 0.253 e. The summed E-state index contributed by atoms with van der Waals surface area (Å²) in [6, 6.07) is 7.69. The fourth-order valence-corrected chi connectivity index (χ4v) is 4.20. The molecule has 0 aliphatic carbocycles. The highest BCUT2D eigenvalue weighted by Crippen LogP contribution is 2.20. The van der Waals surface area contributed by atoms with Crippen LogP contribution in [-0.2, 0) is 4.79 Å². The third-order valence-electron chi connectivity index (χ3n) is 4.67. The summed E-state index contributed by atoms with van der Waals surface area (Å²) in [6.07, 6.45) is 1.72. The van der Waals surface area contributed by atoms with Gasteiger partial charge in [-0.1, -0.05) is 6.07 Å². The summed E-state index contributed by atoms with van der Waals surface area (Å²) < 4.78 is 0. The fourth-order valence-electron chi connectivity index (χ4n) is 3.29. The lowest BCUT2D eigenvalue weighted by Gasteiger charge is -2.27. The monoisotopic (exact) mass is 347 g/mol. The SMILES string of the molecule is C[C@H]1C[C@@H](C(=O)Nc2cccc(C(=O)N3CCSCC3)c2)CCN1. The quantitative estimate of drug-likeness (QED) is 0.880. The van der Waals surface area contributed by atoms with Gasteiger partial charge in [-0.05, 0) is 44.5 Å². The van der Waals surface area contributed by atoms with E-state index in [-0.39, 0.29) is 17.7 Å². The third kappa shape index (κ3) is 4.30. The summed E-state index contributed by atoms with van der Waals surface area (Å²) >= 11 is 1.88. The number of carbonyl (C=O) groups is 2. The molecular weight excluding hydrogens is 322 g/mol. The number of benzene rings is 1. The van der Waals surface area contributed by atoms with Crippen LogP contribution in [0.5, 0.6) is 0 Å². The maximum atomic E-state index is 12.6. The van der Waals surface area contributed by atoms with Crippen molar-refractivity contribution < 1.29 is 9.59 Å². The van der Waals surface area contributed by atoms with Gasteiger partial charge in [0.1, 0.15) is 0 Å². The van der Waals surface area contributed by atoms with Crippen LogP contribution in [-0.4, -0.2) is 53.9 Å². The Balaban J connectivity index is 1.64. The van der Waals surface area contributed by atoms with Crippen LogP contribution < -0.4 is 10.6 Å². The molecule has 24 heavy (non-hydrogen) atoms. The second-order valence-electron chi connectivity index (χ2n) is 6.55. The van der Waals surface area contributed by atoms with Gasteiger partial charge in [0.2, 0.25) is 5.91 Å². The van der Waals surface area contributed by atoms with Crippen molar-refractivity contribution in [3.8, 4) is 0 Å². The van der Waals surface area contributed by atoms with E-state index < -0.39 is 0 Å². The zero-order valence-electron chi connectivity index (χ0n) is 14.1. The van der Waals surface area contributed by atoms with Gasteiger partial charge in [0, 0.05) is 47.8 Å². The van der Waals surface area contributed by atoms with Crippen molar-refractivity contribution in [3.05, 3.63) is 29.8 Å². The summed E-state index contributed by atoms with van der Waals surface area (Å²) in [7, 11) is 0. The van der Waals surface area contributed by atoms with Crippen LogP contribution in [0, 0.1) is 5.92 Å². The van der Waals surface area contributed by atoms with Crippen molar-refractivity contribution in [1.29, 1.82) is 0 Å². The normalized spacial score (nSPS) is 24.5. The first-order valence-electron chi connectivity index (χ1n) is 8.65. The van der Waals surface area contributed by atoms with Gasteiger partial charge in [-0.25, -0.2) is 0 Å². The van der Waals surface area contributed by atoms with Crippen LogP contribution in [0.2, 0.25) is 0 Å². The summed E-state index contributed by atoms with van der Waals surface area (Å²) in [6.45, 7) is 4.58. The second-order valence-corrected chi connectivity index (χ2v) is 7.78. The molecule has 2 N–H and O–H groups in total. The molecule has 5 nitrogen and oxygen atoms in total. The molecule has 0 bridgehead atoms. The average molecular weight is 347 g/mol. The van der Waals surface area contributed by atoms with Gasteiger partial charge in [0.15, 0.2) is 0 Å². The lowest BCUT2D eigenvalue weighted by molar-refractivity contribution is -0.120. The van der Waals surface area contributed by atoms with Gasteiger partial charge in [0.05, 0.1) is 0 Å². The Bertz CT molecular complexity index is 602. The number of rotatable bonds is 3. The highest BCUT2D eigenvalue weighted by molar-refractivity contribution is 7.99. The molecule has 2 aliphatic rings. The lowest BCUT2D eigenvalue weighted by atomic mass is 9.92. The minimum atomic E-state index is 0.0414. The van der Waals surface area contributed by atoms with Crippen molar-refractivity contribution in [2.24, 2.45) is 5.92 Å². The molecule has 6 heteroatoms. The topological polar surface area (TPSA) is 61.4 Å². The molecule has 2 atom stereocenters. The molecule has 130 valence electrons. The van der Waals surface area contributed by atoms with Gasteiger partial charge >= 0.3 is 0 Å². The summed E-state index contributed by atoms with van der Waals surface area (Å²) in [5.74, 6) is 2.15. The number of anilines is 1. The molecule has 1 aromatic carbocycles. The Morgan fingerprint density at radius 3 is 2.83 bits per heavy atom. The number of amides is 2. The second kappa shape index (κ2) is 8.03. The lowest BCUT2D eigenvalue weighted by Crippen LogP contribution is -2.40. The zero-order valence-corrected chi connectivity index (χ0v) is 14.9. The molecule has 2 aliphatic heterocycles. The standard InChI is InChI=1S/C18H25N3O2S/c1-13-11-14(5-6-19-13)17(22)20-16-4-2-3-15(12-16)18(23)21-7-9-24-10-8-21/h2-4,12-14,19H,5-11H2,1H3,(H,20,22)/t13-,14-/m0/s1. The van der Waals surface area contributed by atoms with Crippen LogP contribution >= 0.6 is 11.8 Å². The predicted octanol–water partition coefficient (Wildman–Crippen LogP) is 2.20. The minimum absolute atomic E-state index is 0.0414. The number of nitrogens with zero attached hydrogens (tertiary/aromatic N) is 1. The summed E-state index contributed by atoms with van der Waals surface area (Å²) in [5, 5.41) is 6.35. The van der Waals surface area contributed by atoms with Crippen molar-refractivity contribution in [3.63, 3.8) is 0 Å². The molecule has 0 radical (unpaired) electrons. The number of carbonyl (C=O) groups excluding carboxylic acids is 2. The summed E-state index contributed by atoms with van der Waals surface area (Å²) in [5.41, 5.74) is 1.36. The van der Waals surface area contributed by atoms with E-state index in [1.165, 1.54) is 0 Å². The van der Waals surface area contributed by atoms with Gasteiger partial charge in [0.25, 0.3) is 5.91 Å². The van der Waals surface area contributed by atoms with E-state index in [0.29, 0.717) is 17.3 Å². The van der Waals surface area contributed by atoms with Crippen LogP contribution in [0.3, 0.4) is 0 Å². The molecular formula is C18H25N3O2S. The van der Waals surface area contributed by atoms with E-state index in [9.17, 15) is 9.59 Å². The van der Waals surface area contributed by atoms with Crippen molar-refractivity contribution in [2.45, 2.75) is 25.8 Å².